The normalized spacial score (nSPS) is 11.7. The number of anilines is 1. The Balaban J connectivity index is 1.73. The van der Waals surface area contributed by atoms with E-state index in [0.29, 0.717) is 10.7 Å². The van der Waals surface area contributed by atoms with Crippen molar-refractivity contribution >= 4 is 60.6 Å². The number of benzene rings is 2. The predicted octanol–water partition coefficient (Wildman–Crippen LogP) is 5.77. The Hall–Kier alpha value is -2.19. The number of thiazole rings is 1. The number of hydrogen-bond acceptors (Lipinski definition) is 5. The molecule has 0 unspecified atom stereocenters. The molecule has 5 nitrogen and oxygen atoms in total. The number of nitrogens with one attached hydrogen (secondary N) is 1. The fraction of sp³-hybridized carbons (Fsp3) is 0.0526. The van der Waals surface area contributed by atoms with Crippen molar-refractivity contribution in [3.8, 4) is 10.6 Å². The quantitative estimate of drug-likeness (QED) is 0.428. The van der Waals surface area contributed by atoms with E-state index in [2.05, 4.69) is 14.7 Å². The summed E-state index contributed by atoms with van der Waals surface area (Å²) >= 11 is 13.3. The van der Waals surface area contributed by atoms with Crippen LogP contribution in [0.3, 0.4) is 0 Å². The van der Waals surface area contributed by atoms with Gasteiger partial charge < -0.3 is 0 Å². The summed E-state index contributed by atoms with van der Waals surface area (Å²) in [5.74, 6) is 0. The topological polar surface area (TPSA) is 72.0 Å². The Morgan fingerprint density at radius 2 is 1.86 bits per heavy atom. The molecule has 0 spiro atoms. The van der Waals surface area contributed by atoms with Gasteiger partial charge in [0.05, 0.1) is 20.6 Å². The zero-order valence-corrected chi connectivity index (χ0v) is 17.6. The second-order valence-electron chi connectivity index (χ2n) is 6.01. The Morgan fingerprint density at radius 3 is 2.61 bits per heavy atom. The molecule has 28 heavy (non-hydrogen) atoms. The predicted molar refractivity (Wildman–Crippen MR) is 115 cm³/mol. The summed E-state index contributed by atoms with van der Waals surface area (Å²) in [5.41, 5.74) is 2.89. The molecule has 2 aromatic carbocycles. The minimum absolute atomic E-state index is 0.0379. The first-order valence-electron chi connectivity index (χ1n) is 8.14. The van der Waals surface area contributed by atoms with Crippen molar-refractivity contribution in [2.45, 2.75) is 11.8 Å². The second kappa shape index (κ2) is 7.33. The standard InChI is InChI=1S/C19H13Cl2N3O2S2/c1-11-13(18-23-17-6-3-9-22-19(17)27-18)4-2-5-16(11)24-28(25,26)12-7-8-14(20)15(21)10-12/h2-10,24H,1H3. The molecule has 2 aromatic heterocycles. The van der Waals surface area contributed by atoms with Gasteiger partial charge in [0.25, 0.3) is 10.0 Å². The number of aromatic nitrogens is 2. The molecule has 0 aliphatic carbocycles. The monoisotopic (exact) mass is 449 g/mol. The van der Waals surface area contributed by atoms with Gasteiger partial charge in [0.1, 0.15) is 15.4 Å². The minimum atomic E-state index is -3.82. The fourth-order valence-electron chi connectivity index (χ4n) is 2.71. The molecule has 0 aliphatic rings. The number of rotatable bonds is 4. The third-order valence-electron chi connectivity index (χ3n) is 4.18. The minimum Gasteiger partial charge on any atom is -0.279 e. The molecule has 2 heterocycles. The number of halogens is 2. The van der Waals surface area contributed by atoms with Crippen LogP contribution < -0.4 is 4.72 Å². The van der Waals surface area contributed by atoms with E-state index in [9.17, 15) is 8.42 Å². The maximum atomic E-state index is 12.8. The molecule has 0 radical (unpaired) electrons. The maximum absolute atomic E-state index is 12.8. The van der Waals surface area contributed by atoms with Crippen LogP contribution in [0.2, 0.25) is 10.0 Å². The SMILES string of the molecule is Cc1c(NS(=O)(=O)c2ccc(Cl)c(Cl)c2)cccc1-c1nc2cccnc2s1. The van der Waals surface area contributed by atoms with Crippen molar-refractivity contribution in [2.24, 2.45) is 0 Å². The molecular formula is C19H13Cl2N3O2S2. The van der Waals surface area contributed by atoms with Gasteiger partial charge in [-0.3, -0.25) is 4.72 Å². The van der Waals surface area contributed by atoms with Gasteiger partial charge in [-0.2, -0.15) is 0 Å². The molecule has 4 rings (SSSR count). The summed E-state index contributed by atoms with van der Waals surface area (Å²) in [6, 6.07) is 13.3. The molecular weight excluding hydrogens is 437 g/mol. The smallest absolute Gasteiger partial charge is 0.261 e. The summed E-state index contributed by atoms with van der Waals surface area (Å²) in [6.45, 7) is 1.85. The van der Waals surface area contributed by atoms with Crippen LogP contribution in [0.1, 0.15) is 5.56 Å². The lowest BCUT2D eigenvalue weighted by Crippen LogP contribution is -2.14. The van der Waals surface area contributed by atoms with Gasteiger partial charge in [0.15, 0.2) is 0 Å². The van der Waals surface area contributed by atoms with Crippen LogP contribution in [0.15, 0.2) is 59.6 Å². The van der Waals surface area contributed by atoms with Crippen LogP contribution in [0.25, 0.3) is 20.9 Å². The average Bonchev–Trinajstić information content (AvgIpc) is 3.09. The summed E-state index contributed by atoms with van der Waals surface area (Å²) in [5, 5.41) is 1.25. The maximum Gasteiger partial charge on any atom is 0.261 e. The number of sulfonamides is 1. The number of fused-ring (bicyclic) bond motifs is 1. The molecule has 0 saturated heterocycles. The van der Waals surface area contributed by atoms with E-state index in [0.717, 1.165) is 26.5 Å². The molecule has 9 heteroatoms. The summed E-state index contributed by atoms with van der Waals surface area (Å²) in [4.78, 5) is 9.79. The summed E-state index contributed by atoms with van der Waals surface area (Å²) in [6.07, 6.45) is 1.72. The Labute approximate surface area is 176 Å². The van der Waals surface area contributed by atoms with Gasteiger partial charge in [-0.15, -0.1) is 0 Å². The molecule has 0 atom stereocenters. The van der Waals surface area contributed by atoms with Gasteiger partial charge in [-0.25, -0.2) is 18.4 Å². The van der Waals surface area contributed by atoms with Crippen LogP contribution in [0, 0.1) is 6.92 Å². The van der Waals surface area contributed by atoms with Gasteiger partial charge in [-0.1, -0.05) is 46.7 Å². The molecule has 0 bridgehead atoms. The molecule has 0 amide bonds. The lowest BCUT2D eigenvalue weighted by molar-refractivity contribution is 0.601. The van der Waals surface area contributed by atoms with Crippen LogP contribution in [-0.2, 0) is 10.0 Å². The van der Waals surface area contributed by atoms with E-state index in [-0.39, 0.29) is 9.92 Å². The Kier molecular flexibility index (Phi) is 5.01. The summed E-state index contributed by atoms with van der Waals surface area (Å²) in [7, 11) is -3.82. The summed E-state index contributed by atoms with van der Waals surface area (Å²) < 4.78 is 28.2. The lowest BCUT2D eigenvalue weighted by Gasteiger charge is -2.13. The van der Waals surface area contributed by atoms with E-state index in [1.165, 1.54) is 29.5 Å². The van der Waals surface area contributed by atoms with Crippen LogP contribution in [0.5, 0.6) is 0 Å². The highest BCUT2D eigenvalue weighted by Crippen LogP contribution is 2.34. The van der Waals surface area contributed by atoms with Gasteiger partial charge >= 0.3 is 0 Å². The molecule has 0 saturated carbocycles. The zero-order chi connectivity index (χ0) is 19.9. The molecule has 1 N–H and O–H groups in total. The third kappa shape index (κ3) is 3.58. The van der Waals surface area contributed by atoms with Gasteiger partial charge in [-0.05, 0) is 48.9 Å². The van der Waals surface area contributed by atoms with E-state index in [4.69, 9.17) is 23.2 Å². The average molecular weight is 450 g/mol. The third-order valence-corrected chi connectivity index (χ3v) is 7.29. The fourth-order valence-corrected chi connectivity index (χ4v) is 5.21. The number of nitrogens with zero attached hydrogens (tertiary/aromatic N) is 2. The molecule has 0 aliphatic heterocycles. The first kappa shape index (κ1) is 19.1. The van der Waals surface area contributed by atoms with Crippen LogP contribution in [0.4, 0.5) is 5.69 Å². The second-order valence-corrected chi connectivity index (χ2v) is 9.48. The van der Waals surface area contributed by atoms with Crippen molar-refractivity contribution in [1.29, 1.82) is 0 Å². The van der Waals surface area contributed by atoms with Crippen LogP contribution >= 0.6 is 34.5 Å². The van der Waals surface area contributed by atoms with Gasteiger partial charge in [0.2, 0.25) is 0 Å². The van der Waals surface area contributed by atoms with E-state index in [1.807, 2.05) is 25.1 Å². The Morgan fingerprint density at radius 1 is 1.04 bits per heavy atom. The first-order valence-corrected chi connectivity index (χ1v) is 11.2. The highest BCUT2D eigenvalue weighted by Gasteiger charge is 2.18. The number of hydrogen-bond donors (Lipinski definition) is 1. The van der Waals surface area contributed by atoms with E-state index < -0.39 is 10.0 Å². The van der Waals surface area contributed by atoms with E-state index >= 15 is 0 Å². The zero-order valence-electron chi connectivity index (χ0n) is 14.5. The van der Waals surface area contributed by atoms with Crippen molar-refractivity contribution in [3.05, 3.63) is 70.3 Å². The highest BCUT2D eigenvalue weighted by molar-refractivity contribution is 7.92. The molecule has 4 aromatic rings. The number of pyridine rings is 1. The van der Waals surface area contributed by atoms with Crippen molar-refractivity contribution in [1.82, 2.24) is 9.97 Å². The lowest BCUT2D eigenvalue weighted by atomic mass is 10.1. The van der Waals surface area contributed by atoms with Crippen LogP contribution in [-0.4, -0.2) is 18.4 Å². The highest BCUT2D eigenvalue weighted by atomic mass is 35.5. The Bertz CT molecular complexity index is 1270. The van der Waals surface area contributed by atoms with Crippen molar-refractivity contribution in [2.75, 3.05) is 4.72 Å². The van der Waals surface area contributed by atoms with E-state index in [1.54, 1.807) is 18.3 Å². The van der Waals surface area contributed by atoms with Crippen molar-refractivity contribution in [3.63, 3.8) is 0 Å². The first-order chi connectivity index (χ1) is 13.3. The van der Waals surface area contributed by atoms with Gasteiger partial charge in [0, 0.05) is 11.8 Å². The largest absolute Gasteiger partial charge is 0.279 e. The molecule has 0 fully saturated rings. The molecule has 142 valence electrons. The van der Waals surface area contributed by atoms with Crippen molar-refractivity contribution < 1.29 is 8.42 Å².